The fourth-order valence-electron chi connectivity index (χ4n) is 3.10. The van der Waals surface area contributed by atoms with Gasteiger partial charge in [0.1, 0.15) is 5.82 Å². The Morgan fingerprint density at radius 1 is 1.18 bits per heavy atom. The Balaban J connectivity index is 1.42. The molecule has 0 aliphatic carbocycles. The van der Waals surface area contributed by atoms with Gasteiger partial charge in [0.25, 0.3) is 0 Å². The number of hydrogen-bond acceptors (Lipinski definition) is 3. The molecule has 0 saturated carbocycles. The molecule has 120 valence electrons. The van der Waals surface area contributed by atoms with Crippen molar-refractivity contribution in [1.29, 1.82) is 0 Å². The number of halogens is 1. The number of nitrogens with zero attached hydrogens (tertiary/aromatic N) is 1. The summed E-state index contributed by atoms with van der Waals surface area (Å²) < 4.78 is 18.3. The number of anilines is 1. The maximum Gasteiger partial charge on any atom is 0.170 e. The number of nitrogens with one attached hydrogen (secondary N) is 2. The van der Waals surface area contributed by atoms with Crippen LogP contribution in [0.5, 0.6) is 0 Å². The highest BCUT2D eigenvalue weighted by Crippen LogP contribution is 2.19. The summed E-state index contributed by atoms with van der Waals surface area (Å²) in [4.78, 5) is 2.53. The molecule has 22 heavy (non-hydrogen) atoms. The molecule has 0 spiro atoms. The summed E-state index contributed by atoms with van der Waals surface area (Å²) in [5.74, 6) is -0.243. The summed E-state index contributed by atoms with van der Waals surface area (Å²) in [5.41, 5.74) is 0.805. The third-order valence-electron chi connectivity index (χ3n) is 4.39. The van der Waals surface area contributed by atoms with Gasteiger partial charge in [-0.05, 0) is 55.7 Å². The molecular formula is C16H22FN3OS. The van der Waals surface area contributed by atoms with Crippen LogP contribution in [0.25, 0.3) is 0 Å². The van der Waals surface area contributed by atoms with Crippen molar-refractivity contribution in [2.24, 2.45) is 0 Å². The van der Waals surface area contributed by atoms with Gasteiger partial charge in [-0.25, -0.2) is 4.39 Å². The molecule has 2 heterocycles. The zero-order chi connectivity index (χ0) is 15.4. The molecule has 1 aromatic rings. The minimum atomic E-state index is -0.243. The minimum absolute atomic E-state index is 0.243. The first kappa shape index (κ1) is 15.6. The van der Waals surface area contributed by atoms with E-state index in [1.54, 1.807) is 12.1 Å². The van der Waals surface area contributed by atoms with Crippen LogP contribution in [-0.2, 0) is 4.74 Å². The van der Waals surface area contributed by atoms with Gasteiger partial charge in [-0.1, -0.05) is 0 Å². The average Bonchev–Trinajstić information content (AvgIpc) is 3.05. The summed E-state index contributed by atoms with van der Waals surface area (Å²) in [6.07, 6.45) is 3.33. The largest absolute Gasteiger partial charge is 0.380 e. The van der Waals surface area contributed by atoms with Crippen LogP contribution in [0.2, 0.25) is 0 Å². The first-order chi connectivity index (χ1) is 10.7. The van der Waals surface area contributed by atoms with E-state index in [9.17, 15) is 4.39 Å². The van der Waals surface area contributed by atoms with E-state index in [1.165, 1.54) is 12.1 Å². The van der Waals surface area contributed by atoms with Gasteiger partial charge in [0, 0.05) is 37.5 Å². The first-order valence-electron chi connectivity index (χ1n) is 7.85. The van der Waals surface area contributed by atoms with E-state index in [0.29, 0.717) is 17.2 Å². The third-order valence-corrected chi connectivity index (χ3v) is 4.61. The maximum absolute atomic E-state index is 12.9. The van der Waals surface area contributed by atoms with E-state index in [2.05, 4.69) is 15.5 Å². The van der Waals surface area contributed by atoms with Crippen molar-refractivity contribution in [2.45, 2.75) is 31.3 Å². The van der Waals surface area contributed by atoms with Gasteiger partial charge in [0.15, 0.2) is 5.11 Å². The smallest absolute Gasteiger partial charge is 0.170 e. The lowest BCUT2D eigenvalue weighted by Gasteiger charge is -2.36. The predicted octanol–water partition coefficient (Wildman–Crippen LogP) is 2.37. The van der Waals surface area contributed by atoms with Crippen molar-refractivity contribution in [3.63, 3.8) is 0 Å². The zero-order valence-electron chi connectivity index (χ0n) is 12.6. The first-order valence-corrected chi connectivity index (χ1v) is 8.26. The van der Waals surface area contributed by atoms with E-state index in [4.69, 9.17) is 17.0 Å². The molecule has 0 aromatic heterocycles. The molecule has 6 heteroatoms. The summed E-state index contributed by atoms with van der Waals surface area (Å²) in [6, 6.07) is 7.22. The molecular weight excluding hydrogens is 301 g/mol. The Hall–Kier alpha value is -1.24. The van der Waals surface area contributed by atoms with Crippen molar-refractivity contribution in [1.82, 2.24) is 10.2 Å². The van der Waals surface area contributed by atoms with E-state index in [1.807, 2.05) is 0 Å². The second-order valence-electron chi connectivity index (χ2n) is 5.93. The summed E-state index contributed by atoms with van der Waals surface area (Å²) in [5, 5.41) is 7.07. The third kappa shape index (κ3) is 4.15. The standard InChI is InChI=1S/C16H22FN3OS/c17-12-1-3-13(4-2-12)18-16(22)19-14-5-8-20(9-6-14)15-7-10-21-11-15/h1-4,14-15H,5-11H2,(H2,18,19,22). The Bertz CT molecular complexity index is 497. The zero-order valence-corrected chi connectivity index (χ0v) is 13.4. The van der Waals surface area contributed by atoms with Crippen molar-refractivity contribution in [3.8, 4) is 0 Å². The van der Waals surface area contributed by atoms with Crippen LogP contribution in [0, 0.1) is 5.82 Å². The lowest BCUT2D eigenvalue weighted by atomic mass is 10.0. The number of benzene rings is 1. The molecule has 2 aliphatic rings. The molecule has 1 aromatic carbocycles. The van der Waals surface area contributed by atoms with Crippen molar-refractivity contribution in [2.75, 3.05) is 31.6 Å². The molecule has 4 nitrogen and oxygen atoms in total. The topological polar surface area (TPSA) is 36.5 Å². The van der Waals surface area contributed by atoms with Gasteiger partial charge in [-0.15, -0.1) is 0 Å². The Kier molecular flexibility index (Phi) is 5.23. The van der Waals surface area contributed by atoms with E-state index in [-0.39, 0.29) is 5.82 Å². The molecule has 0 bridgehead atoms. The SMILES string of the molecule is Fc1ccc(NC(=S)NC2CCN(C3CCOC3)CC2)cc1. The Morgan fingerprint density at radius 2 is 1.91 bits per heavy atom. The highest BCUT2D eigenvalue weighted by atomic mass is 32.1. The molecule has 1 atom stereocenters. The van der Waals surface area contributed by atoms with Crippen LogP contribution in [0.15, 0.2) is 24.3 Å². The average molecular weight is 323 g/mol. The summed E-state index contributed by atoms with van der Waals surface area (Å²) >= 11 is 5.34. The molecule has 2 saturated heterocycles. The Labute approximate surface area is 136 Å². The Morgan fingerprint density at radius 3 is 2.55 bits per heavy atom. The summed E-state index contributed by atoms with van der Waals surface area (Å²) in [6.45, 7) is 3.95. The number of hydrogen-bond donors (Lipinski definition) is 2. The minimum Gasteiger partial charge on any atom is -0.380 e. The van der Waals surface area contributed by atoms with Crippen molar-refractivity contribution >= 4 is 23.0 Å². The molecule has 0 amide bonds. The van der Waals surface area contributed by atoms with Gasteiger partial charge in [-0.3, -0.25) is 4.90 Å². The molecule has 0 radical (unpaired) electrons. The van der Waals surface area contributed by atoms with E-state index in [0.717, 1.165) is 51.3 Å². The molecule has 2 fully saturated rings. The quantitative estimate of drug-likeness (QED) is 0.835. The van der Waals surface area contributed by atoms with Crippen LogP contribution >= 0.6 is 12.2 Å². The summed E-state index contributed by atoms with van der Waals surface area (Å²) in [7, 11) is 0. The van der Waals surface area contributed by atoms with E-state index >= 15 is 0 Å². The van der Waals surface area contributed by atoms with Crippen molar-refractivity contribution < 1.29 is 9.13 Å². The molecule has 1 unspecified atom stereocenters. The van der Waals surface area contributed by atoms with Gasteiger partial charge >= 0.3 is 0 Å². The highest BCUT2D eigenvalue weighted by molar-refractivity contribution is 7.80. The molecule has 2 aliphatic heterocycles. The number of thiocarbonyl (C=S) groups is 1. The monoisotopic (exact) mass is 323 g/mol. The van der Waals surface area contributed by atoms with Gasteiger partial charge in [-0.2, -0.15) is 0 Å². The number of piperidine rings is 1. The second kappa shape index (κ2) is 7.35. The predicted molar refractivity (Wildman–Crippen MR) is 89.6 cm³/mol. The lowest BCUT2D eigenvalue weighted by molar-refractivity contribution is 0.120. The van der Waals surface area contributed by atoms with Crippen LogP contribution in [-0.4, -0.2) is 48.4 Å². The number of rotatable bonds is 3. The fraction of sp³-hybridized carbons (Fsp3) is 0.562. The lowest BCUT2D eigenvalue weighted by Crippen LogP contribution is -2.48. The van der Waals surface area contributed by atoms with Crippen LogP contribution < -0.4 is 10.6 Å². The van der Waals surface area contributed by atoms with Gasteiger partial charge < -0.3 is 15.4 Å². The van der Waals surface area contributed by atoms with Gasteiger partial charge in [0.05, 0.1) is 6.61 Å². The van der Waals surface area contributed by atoms with Crippen LogP contribution in [0.3, 0.4) is 0 Å². The highest BCUT2D eigenvalue weighted by Gasteiger charge is 2.27. The second-order valence-corrected chi connectivity index (χ2v) is 6.34. The van der Waals surface area contributed by atoms with Crippen LogP contribution in [0.1, 0.15) is 19.3 Å². The van der Waals surface area contributed by atoms with Crippen molar-refractivity contribution in [3.05, 3.63) is 30.1 Å². The van der Waals surface area contributed by atoms with Crippen LogP contribution in [0.4, 0.5) is 10.1 Å². The number of likely N-dealkylation sites (tertiary alicyclic amines) is 1. The normalized spacial score (nSPS) is 23.4. The maximum atomic E-state index is 12.9. The fourth-order valence-corrected chi connectivity index (χ4v) is 3.39. The van der Waals surface area contributed by atoms with E-state index < -0.39 is 0 Å². The molecule has 3 rings (SSSR count). The molecule has 2 N–H and O–H groups in total. The van der Waals surface area contributed by atoms with Gasteiger partial charge in [0.2, 0.25) is 0 Å². The number of ether oxygens (including phenoxy) is 1.